The molecule has 2 aromatic carbocycles. The first-order chi connectivity index (χ1) is 26.6. The fraction of sp³-hybridized carbons (Fsp3) is 0.553. The average molecular weight is 824 g/mol. The van der Waals surface area contributed by atoms with Crippen LogP contribution in [-0.2, 0) is 15.7 Å². The van der Waals surface area contributed by atoms with Crippen molar-refractivity contribution in [1.29, 1.82) is 0 Å². The maximum absolute atomic E-state index is 17.3. The van der Waals surface area contributed by atoms with Crippen molar-refractivity contribution in [3.63, 3.8) is 0 Å². The van der Waals surface area contributed by atoms with Gasteiger partial charge in [-0.1, -0.05) is 11.3 Å². The highest BCUT2D eigenvalue weighted by atomic mass is 32.1. The summed E-state index contributed by atoms with van der Waals surface area (Å²) in [7, 11) is 1.72. The van der Waals surface area contributed by atoms with Gasteiger partial charge in [-0.05, 0) is 86.1 Å². The molecule has 0 spiro atoms. The number of hydrogen-bond acceptors (Lipinski definition) is 11. The van der Waals surface area contributed by atoms with Gasteiger partial charge in [0.15, 0.2) is 10.9 Å². The highest BCUT2D eigenvalue weighted by Gasteiger charge is 2.46. The van der Waals surface area contributed by atoms with E-state index in [1.54, 1.807) is 63.3 Å². The van der Waals surface area contributed by atoms with E-state index in [-0.39, 0.29) is 83.4 Å². The molecule has 0 saturated carbocycles. The number of fused-ring (bicyclic) bond motifs is 4. The Hall–Kier alpha value is -4.65. The number of nitrogens with one attached hydrogen (secondary N) is 1. The van der Waals surface area contributed by atoms with Crippen LogP contribution < -0.4 is 15.0 Å². The van der Waals surface area contributed by atoms with Crippen LogP contribution in [0.15, 0.2) is 18.2 Å². The topological polar surface area (TPSA) is 122 Å². The molecule has 5 heterocycles. The standard InChI is InChI=1S/C38H43F6N7O5S/c1-36(2,3)55-34(52)48-33-46-29-22(10-11-25(40)30(29)57-33)26-24(38(42,43)44)13-23-28(27(26)41)45-32(54-17-21-12-18(39)14-49(21)7)47-31(23)50-15-19-8-9-20(16-50)51(19)35(53)56-37(4,5)6/h10-11,13,18-21H,8-9,12,14-17H2,1-7H3,(H,46,48,52)/t18-,19?,20?,21+/m1/s1. The van der Waals surface area contributed by atoms with Crippen LogP contribution in [0.1, 0.15) is 66.4 Å². The lowest BCUT2D eigenvalue weighted by atomic mass is 9.95. The number of amides is 2. The first-order valence-electron chi connectivity index (χ1n) is 18.5. The zero-order valence-electron chi connectivity index (χ0n) is 32.4. The predicted octanol–water partition coefficient (Wildman–Crippen LogP) is 8.56. The molecule has 0 aliphatic carbocycles. The summed E-state index contributed by atoms with van der Waals surface area (Å²) < 4.78 is 109. The Kier molecular flexibility index (Phi) is 10.4. The molecule has 4 aromatic rings. The third kappa shape index (κ3) is 8.35. The van der Waals surface area contributed by atoms with Crippen molar-refractivity contribution in [2.45, 2.75) is 102 Å². The minimum absolute atomic E-state index is 0.0448. The Labute approximate surface area is 328 Å². The number of carbonyl (C=O) groups excluding carboxylic acids is 2. The van der Waals surface area contributed by atoms with Crippen LogP contribution in [0.4, 0.5) is 46.9 Å². The summed E-state index contributed by atoms with van der Waals surface area (Å²) in [4.78, 5) is 43.9. The molecule has 3 aliphatic heterocycles. The fourth-order valence-electron chi connectivity index (χ4n) is 7.67. The summed E-state index contributed by atoms with van der Waals surface area (Å²) in [6.07, 6.45) is -6.32. The lowest BCUT2D eigenvalue weighted by molar-refractivity contribution is -0.137. The molecule has 2 unspecified atom stereocenters. The maximum atomic E-state index is 17.3. The lowest BCUT2D eigenvalue weighted by Gasteiger charge is -2.42. The SMILES string of the molecule is CN1C[C@H](F)C[C@H]1COc1nc(N2CC3CCC(C2)N3C(=O)OC(C)(C)C)c2cc(C(F)(F)F)c(-c3ccc(F)c4sc(NC(=O)OC(C)(C)C)nc34)c(F)c2n1. The number of likely N-dealkylation sites (tertiary alicyclic amines) is 1. The van der Waals surface area contributed by atoms with Gasteiger partial charge in [0.2, 0.25) is 0 Å². The summed E-state index contributed by atoms with van der Waals surface area (Å²) in [6, 6.07) is 1.17. The van der Waals surface area contributed by atoms with Crippen molar-refractivity contribution in [3.05, 3.63) is 35.4 Å². The Bertz CT molecular complexity index is 2210. The normalized spacial score (nSPS) is 21.8. The van der Waals surface area contributed by atoms with Crippen LogP contribution in [0, 0.1) is 11.6 Å². The Morgan fingerprint density at radius 1 is 0.930 bits per heavy atom. The number of anilines is 2. The first kappa shape index (κ1) is 40.5. The van der Waals surface area contributed by atoms with Gasteiger partial charge in [0, 0.05) is 42.2 Å². The molecule has 19 heteroatoms. The molecule has 57 heavy (non-hydrogen) atoms. The van der Waals surface area contributed by atoms with Gasteiger partial charge in [0.25, 0.3) is 0 Å². The van der Waals surface area contributed by atoms with Gasteiger partial charge < -0.3 is 19.1 Å². The summed E-state index contributed by atoms with van der Waals surface area (Å²) in [5.74, 6) is -2.30. The van der Waals surface area contributed by atoms with E-state index in [1.807, 2.05) is 0 Å². The Balaban J connectivity index is 1.36. The van der Waals surface area contributed by atoms with E-state index >= 15 is 22.0 Å². The molecule has 3 aliphatic rings. The molecule has 0 radical (unpaired) electrons. The smallest absolute Gasteiger partial charge is 0.417 e. The van der Waals surface area contributed by atoms with E-state index in [1.165, 1.54) is 0 Å². The van der Waals surface area contributed by atoms with Crippen molar-refractivity contribution >= 4 is 55.6 Å². The van der Waals surface area contributed by atoms with Gasteiger partial charge in [-0.2, -0.15) is 23.1 Å². The second-order valence-electron chi connectivity index (χ2n) is 16.7. The molecule has 2 amide bonds. The highest BCUT2D eigenvalue weighted by Crippen LogP contribution is 2.47. The van der Waals surface area contributed by atoms with Gasteiger partial charge in [-0.3, -0.25) is 15.1 Å². The molecule has 2 aromatic heterocycles. The number of ether oxygens (including phenoxy) is 3. The highest BCUT2D eigenvalue weighted by molar-refractivity contribution is 7.22. The number of rotatable bonds is 6. The number of alkyl halides is 4. The molecule has 3 saturated heterocycles. The van der Waals surface area contributed by atoms with Gasteiger partial charge >= 0.3 is 24.4 Å². The molecule has 308 valence electrons. The number of thiazole rings is 1. The number of aromatic nitrogens is 3. The van der Waals surface area contributed by atoms with Crippen molar-refractivity contribution < 1.29 is 50.1 Å². The minimum Gasteiger partial charge on any atom is -0.462 e. The zero-order chi connectivity index (χ0) is 41.4. The van der Waals surface area contributed by atoms with E-state index in [0.29, 0.717) is 24.2 Å². The summed E-state index contributed by atoms with van der Waals surface area (Å²) >= 11 is 0.642. The van der Waals surface area contributed by atoms with Gasteiger partial charge in [0.1, 0.15) is 41.1 Å². The summed E-state index contributed by atoms with van der Waals surface area (Å²) in [5, 5.41) is 1.91. The first-order valence-corrected chi connectivity index (χ1v) is 19.3. The van der Waals surface area contributed by atoms with Crippen LogP contribution in [0.3, 0.4) is 0 Å². The van der Waals surface area contributed by atoms with Crippen molar-refractivity contribution in [2.24, 2.45) is 0 Å². The third-order valence-corrected chi connectivity index (χ3v) is 11.0. The second-order valence-corrected chi connectivity index (χ2v) is 17.7. The molecule has 3 fully saturated rings. The van der Waals surface area contributed by atoms with Crippen LogP contribution in [-0.4, -0.2) is 106 Å². The Morgan fingerprint density at radius 2 is 1.60 bits per heavy atom. The fourth-order valence-corrected chi connectivity index (χ4v) is 8.55. The van der Waals surface area contributed by atoms with Crippen molar-refractivity contribution in [2.75, 3.05) is 43.5 Å². The Morgan fingerprint density at radius 3 is 2.19 bits per heavy atom. The van der Waals surface area contributed by atoms with E-state index in [0.717, 1.165) is 18.2 Å². The van der Waals surface area contributed by atoms with E-state index < -0.39 is 69.6 Å². The third-order valence-electron chi connectivity index (χ3n) is 10.00. The molecule has 7 rings (SSSR count). The van der Waals surface area contributed by atoms with Crippen LogP contribution in [0.2, 0.25) is 0 Å². The van der Waals surface area contributed by atoms with Crippen molar-refractivity contribution in [1.82, 2.24) is 24.8 Å². The molecule has 2 bridgehead atoms. The van der Waals surface area contributed by atoms with Gasteiger partial charge in [-0.25, -0.2) is 27.7 Å². The number of halogens is 6. The number of piperazine rings is 1. The monoisotopic (exact) mass is 823 g/mol. The number of nitrogens with zero attached hydrogens (tertiary/aromatic N) is 6. The number of benzene rings is 2. The molecule has 4 atom stereocenters. The van der Waals surface area contributed by atoms with Crippen molar-refractivity contribution in [3.8, 4) is 17.1 Å². The second kappa shape index (κ2) is 14.6. The van der Waals surface area contributed by atoms with Gasteiger partial charge in [-0.15, -0.1) is 0 Å². The zero-order valence-corrected chi connectivity index (χ0v) is 33.2. The average Bonchev–Trinajstić information content (AvgIpc) is 3.73. The maximum Gasteiger partial charge on any atom is 0.417 e. The van der Waals surface area contributed by atoms with E-state index in [4.69, 9.17) is 14.2 Å². The van der Waals surface area contributed by atoms with Crippen LogP contribution >= 0.6 is 11.3 Å². The van der Waals surface area contributed by atoms with E-state index in [2.05, 4.69) is 20.3 Å². The van der Waals surface area contributed by atoms with E-state index in [9.17, 15) is 14.0 Å². The predicted molar refractivity (Wildman–Crippen MR) is 201 cm³/mol. The molecular weight excluding hydrogens is 781 g/mol. The molecular formula is C38H43F6N7O5S. The summed E-state index contributed by atoms with van der Waals surface area (Å²) in [6.45, 7) is 10.5. The largest absolute Gasteiger partial charge is 0.462 e. The quantitative estimate of drug-likeness (QED) is 0.189. The number of carbonyl (C=O) groups is 2. The summed E-state index contributed by atoms with van der Waals surface area (Å²) in [5.41, 5.74) is -5.25. The minimum atomic E-state index is -5.14. The van der Waals surface area contributed by atoms with Crippen LogP contribution in [0.25, 0.3) is 32.2 Å². The molecule has 12 nitrogen and oxygen atoms in total. The van der Waals surface area contributed by atoms with Crippen LogP contribution in [0.5, 0.6) is 6.01 Å². The lowest BCUT2D eigenvalue weighted by Crippen LogP contribution is -2.57. The number of hydrogen-bond donors (Lipinski definition) is 1. The van der Waals surface area contributed by atoms with Gasteiger partial charge in [0.05, 0.1) is 27.9 Å². The molecule has 1 N–H and O–H groups in total. The number of likely N-dealkylation sites (N-methyl/N-ethyl adjacent to an activating group) is 1.